The van der Waals surface area contributed by atoms with Gasteiger partial charge in [0.1, 0.15) is 0 Å². The van der Waals surface area contributed by atoms with Gasteiger partial charge >= 0.3 is 0 Å². The maximum atomic E-state index is 11.7. The van der Waals surface area contributed by atoms with Crippen molar-refractivity contribution in [2.75, 3.05) is 31.6 Å². The Morgan fingerprint density at radius 2 is 1.84 bits per heavy atom. The van der Waals surface area contributed by atoms with Gasteiger partial charge in [0.2, 0.25) is 11.9 Å². The highest BCUT2D eigenvalue weighted by Gasteiger charge is 2.24. The van der Waals surface area contributed by atoms with Crippen LogP contribution in [-0.2, 0) is 11.3 Å². The third kappa shape index (κ3) is 4.94. The topological polar surface area (TPSA) is 88.2 Å². The summed E-state index contributed by atoms with van der Waals surface area (Å²) in [6, 6.07) is 12.2. The van der Waals surface area contributed by atoms with Crippen molar-refractivity contribution in [2.45, 2.75) is 32.2 Å². The first-order valence-electron chi connectivity index (χ1n) is 11.1. The Labute approximate surface area is 189 Å². The predicted octanol–water partition coefficient (Wildman–Crippen LogP) is 3.15. The van der Waals surface area contributed by atoms with E-state index in [1.54, 1.807) is 11.9 Å². The lowest BCUT2D eigenvalue weighted by Crippen LogP contribution is -2.34. The molecule has 1 aliphatic heterocycles. The summed E-state index contributed by atoms with van der Waals surface area (Å²) in [4.78, 5) is 29.5. The third-order valence-electron chi connectivity index (χ3n) is 6.13. The Hall–Kier alpha value is -3.32. The van der Waals surface area contributed by atoms with Crippen molar-refractivity contribution >= 4 is 11.9 Å². The molecule has 1 aromatic carbocycles. The molecule has 7 nitrogen and oxygen atoms in total. The molecule has 166 valence electrons. The molecule has 1 amide bonds. The van der Waals surface area contributed by atoms with E-state index in [0.717, 1.165) is 48.6 Å². The molecule has 0 spiro atoms. The molecule has 32 heavy (non-hydrogen) atoms. The molecule has 3 heterocycles. The number of aryl methyl sites for hydroxylation is 1. The molecule has 0 radical (unpaired) electrons. The zero-order valence-electron chi connectivity index (χ0n) is 18.7. The summed E-state index contributed by atoms with van der Waals surface area (Å²) in [7, 11) is 1.76. The second-order valence-corrected chi connectivity index (χ2v) is 8.39. The number of likely N-dealkylation sites (N-methyl/N-ethyl adjacent to an activating group) is 1. The van der Waals surface area contributed by atoms with Crippen molar-refractivity contribution in [1.29, 1.82) is 0 Å². The zero-order chi connectivity index (χ0) is 22.5. The second kappa shape index (κ2) is 9.87. The molecule has 0 aliphatic carbocycles. The minimum absolute atomic E-state index is 0.0181. The quantitative estimate of drug-likeness (QED) is 0.646. The number of carbonyl (C=O) groups is 1. The monoisotopic (exact) mass is 430 g/mol. The number of hydrogen-bond acceptors (Lipinski definition) is 6. The molecule has 3 aromatic rings. The van der Waals surface area contributed by atoms with Crippen LogP contribution in [0.25, 0.3) is 11.1 Å². The zero-order valence-corrected chi connectivity index (χ0v) is 18.7. The first kappa shape index (κ1) is 21.9. The van der Waals surface area contributed by atoms with Crippen LogP contribution >= 0.6 is 0 Å². The number of anilines is 1. The van der Waals surface area contributed by atoms with Crippen molar-refractivity contribution in [3.8, 4) is 11.1 Å². The van der Waals surface area contributed by atoms with Crippen LogP contribution in [0.2, 0.25) is 0 Å². The number of hydrogen-bond donors (Lipinski definition) is 1. The molecule has 0 atom stereocenters. The minimum Gasteiger partial charge on any atom is -0.341 e. The Morgan fingerprint density at radius 3 is 2.53 bits per heavy atom. The SMILES string of the molecule is Cc1cccnc1C1CCN(c2ncc(-c3cccc(CN(C)C(=O)CN)c3)cn2)CC1. The van der Waals surface area contributed by atoms with Crippen LogP contribution < -0.4 is 10.6 Å². The van der Waals surface area contributed by atoms with Crippen LogP contribution in [0, 0.1) is 6.92 Å². The first-order chi connectivity index (χ1) is 15.5. The molecule has 2 aromatic heterocycles. The van der Waals surface area contributed by atoms with Crippen LogP contribution in [0.15, 0.2) is 55.0 Å². The van der Waals surface area contributed by atoms with Crippen LogP contribution in [0.3, 0.4) is 0 Å². The summed E-state index contributed by atoms with van der Waals surface area (Å²) < 4.78 is 0. The Bertz CT molecular complexity index is 1060. The van der Waals surface area contributed by atoms with E-state index in [-0.39, 0.29) is 12.5 Å². The first-order valence-corrected chi connectivity index (χ1v) is 11.1. The largest absolute Gasteiger partial charge is 0.341 e. The maximum absolute atomic E-state index is 11.7. The highest BCUT2D eigenvalue weighted by atomic mass is 16.2. The molecule has 1 aliphatic rings. The molecule has 1 saturated heterocycles. The lowest BCUT2D eigenvalue weighted by atomic mass is 9.91. The fourth-order valence-corrected chi connectivity index (χ4v) is 4.28. The second-order valence-electron chi connectivity index (χ2n) is 8.39. The van der Waals surface area contributed by atoms with Crippen LogP contribution in [0.5, 0.6) is 0 Å². The number of nitrogens with zero attached hydrogens (tertiary/aromatic N) is 5. The number of nitrogens with two attached hydrogens (primary N) is 1. The van der Waals surface area contributed by atoms with Crippen molar-refractivity contribution in [3.63, 3.8) is 0 Å². The van der Waals surface area contributed by atoms with E-state index in [0.29, 0.717) is 12.5 Å². The maximum Gasteiger partial charge on any atom is 0.236 e. The highest BCUT2D eigenvalue weighted by Crippen LogP contribution is 2.30. The summed E-state index contributed by atoms with van der Waals surface area (Å²) in [6.45, 7) is 4.53. The van der Waals surface area contributed by atoms with Gasteiger partial charge in [-0.1, -0.05) is 24.3 Å². The minimum atomic E-state index is -0.0786. The van der Waals surface area contributed by atoms with Gasteiger partial charge in [-0.05, 0) is 48.6 Å². The van der Waals surface area contributed by atoms with Crippen molar-refractivity contribution < 1.29 is 4.79 Å². The van der Waals surface area contributed by atoms with E-state index in [9.17, 15) is 4.79 Å². The van der Waals surface area contributed by atoms with E-state index in [1.165, 1.54) is 11.3 Å². The van der Waals surface area contributed by atoms with Crippen molar-refractivity contribution in [1.82, 2.24) is 19.9 Å². The molecule has 1 fully saturated rings. The van der Waals surface area contributed by atoms with E-state index in [2.05, 4.69) is 38.9 Å². The van der Waals surface area contributed by atoms with E-state index in [4.69, 9.17) is 5.73 Å². The van der Waals surface area contributed by atoms with Crippen molar-refractivity contribution in [3.05, 3.63) is 71.8 Å². The number of piperidine rings is 1. The molecule has 0 bridgehead atoms. The van der Waals surface area contributed by atoms with Gasteiger partial charge < -0.3 is 15.5 Å². The van der Waals surface area contributed by atoms with Crippen LogP contribution in [0.1, 0.15) is 35.6 Å². The summed E-state index contributed by atoms with van der Waals surface area (Å²) in [5, 5.41) is 0. The average Bonchev–Trinajstić information content (AvgIpc) is 2.84. The molecular weight excluding hydrogens is 400 g/mol. The van der Waals surface area contributed by atoms with Crippen LogP contribution in [-0.4, -0.2) is 52.4 Å². The predicted molar refractivity (Wildman–Crippen MR) is 126 cm³/mol. The highest BCUT2D eigenvalue weighted by molar-refractivity contribution is 5.77. The van der Waals surface area contributed by atoms with E-state index in [1.807, 2.05) is 42.9 Å². The summed E-state index contributed by atoms with van der Waals surface area (Å²) in [5.74, 6) is 1.19. The fraction of sp³-hybridized carbons (Fsp3) is 0.360. The Morgan fingerprint density at radius 1 is 1.09 bits per heavy atom. The van der Waals surface area contributed by atoms with Gasteiger partial charge in [-0.25, -0.2) is 9.97 Å². The van der Waals surface area contributed by atoms with Crippen LogP contribution in [0.4, 0.5) is 5.95 Å². The van der Waals surface area contributed by atoms with Crippen molar-refractivity contribution in [2.24, 2.45) is 5.73 Å². The molecule has 4 rings (SSSR count). The number of amides is 1. The molecular formula is C25H30N6O. The summed E-state index contributed by atoms with van der Waals surface area (Å²) >= 11 is 0. The lowest BCUT2D eigenvalue weighted by Gasteiger charge is -2.32. The van der Waals surface area contributed by atoms with E-state index >= 15 is 0 Å². The summed E-state index contributed by atoms with van der Waals surface area (Å²) in [5.41, 5.74) is 11.0. The normalized spacial score (nSPS) is 14.4. The number of carbonyl (C=O) groups excluding carboxylic acids is 1. The molecule has 0 unspecified atom stereocenters. The smallest absolute Gasteiger partial charge is 0.236 e. The summed E-state index contributed by atoms with van der Waals surface area (Å²) in [6.07, 6.45) is 7.76. The number of aromatic nitrogens is 3. The van der Waals surface area contributed by atoms with Gasteiger partial charge in [0.05, 0.1) is 6.54 Å². The van der Waals surface area contributed by atoms with Gasteiger partial charge in [-0.3, -0.25) is 9.78 Å². The third-order valence-corrected chi connectivity index (χ3v) is 6.13. The lowest BCUT2D eigenvalue weighted by molar-refractivity contribution is -0.128. The average molecular weight is 431 g/mol. The van der Waals surface area contributed by atoms with Gasteiger partial charge in [0.15, 0.2) is 0 Å². The standard InChI is InChI=1S/C25H30N6O/c1-18-5-4-10-27-24(18)20-8-11-31(12-9-20)25-28-15-22(16-29-25)21-7-3-6-19(13-21)17-30(2)23(32)14-26/h3-7,10,13,15-16,20H,8-9,11-12,14,17,26H2,1-2H3. The van der Waals surface area contributed by atoms with Gasteiger partial charge in [-0.15, -0.1) is 0 Å². The molecule has 7 heteroatoms. The Kier molecular flexibility index (Phi) is 6.75. The number of benzene rings is 1. The number of pyridine rings is 1. The fourth-order valence-electron chi connectivity index (χ4n) is 4.28. The molecule has 2 N–H and O–H groups in total. The van der Waals surface area contributed by atoms with Gasteiger partial charge in [0.25, 0.3) is 0 Å². The Balaban J connectivity index is 1.40. The number of rotatable bonds is 6. The molecule has 0 saturated carbocycles. The van der Waals surface area contributed by atoms with Gasteiger partial charge in [-0.2, -0.15) is 0 Å². The van der Waals surface area contributed by atoms with E-state index < -0.39 is 0 Å². The van der Waals surface area contributed by atoms with Gasteiger partial charge in [0, 0.05) is 62.4 Å².